The fourth-order valence-corrected chi connectivity index (χ4v) is 1.55. The number of aromatic carboxylic acids is 1. The van der Waals surface area contributed by atoms with Crippen molar-refractivity contribution in [2.75, 3.05) is 0 Å². The van der Waals surface area contributed by atoms with Crippen molar-refractivity contribution in [1.82, 2.24) is 0 Å². The van der Waals surface area contributed by atoms with Crippen LogP contribution in [-0.2, 0) is 0 Å². The van der Waals surface area contributed by atoms with Gasteiger partial charge >= 0.3 is 5.97 Å². The van der Waals surface area contributed by atoms with E-state index in [0.717, 1.165) is 6.07 Å². The minimum Gasteiger partial charge on any atom is -0.475 e. The van der Waals surface area contributed by atoms with Gasteiger partial charge in [0.05, 0.1) is 0 Å². The number of benzene rings is 1. The lowest BCUT2D eigenvalue weighted by Crippen LogP contribution is -2.03. The third-order valence-electron chi connectivity index (χ3n) is 2.48. The van der Waals surface area contributed by atoms with Crippen molar-refractivity contribution in [3.05, 3.63) is 58.8 Å². The van der Waals surface area contributed by atoms with Gasteiger partial charge in [-0.3, -0.25) is 4.79 Å². The summed E-state index contributed by atoms with van der Waals surface area (Å²) in [6, 6.07) is 6.27. The van der Waals surface area contributed by atoms with Crippen molar-refractivity contribution in [3.8, 4) is 0 Å². The third kappa shape index (κ3) is 2.15. The first-order valence-corrected chi connectivity index (χ1v) is 5.13. The smallest absolute Gasteiger partial charge is 0.371 e. The highest BCUT2D eigenvalue weighted by Gasteiger charge is 2.18. The molecule has 0 aliphatic rings. The summed E-state index contributed by atoms with van der Waals surface area (Å²) in [6.45, 7) is 1.66. The Morgan fingerprint density at radius 2 is 1.83 bits per heavy atom. The molecule has 4 nitrogen and oxygen atoms in total. The molecule has 0 amide bonds. The van der Waals surface area contributed by atoms with E-state index in [-0.39, 0.29) is 17.1 Å². The Morgan fingerprint density at radius 3 is 2.44 bits per heavy atom. The van der Waals surface area contributed by atoms with Crippen LogP contribution in [0.2, 0.25) is 0 Å². The lowest BCUT2D eigenvalue weighted by Gasteiger charge is -2.02. The van der Waals surface area contributed by atoms with Gasteiger partial charge in [-0.05, 0) is 36.8 Å². The molecule has 1 aromatic heterocycles. The molecule has 2 aromatic rings. The van der Waals surface area contributed by atoms with Crippen molar-refractivity contribution in [2.45, 2.75) is 6.92 Å². The summed E-state index contributed by atoms with van der Waals surface area (Å²) >= 11 is 0. The Kier molecular flexibility index (Phi) is 2.97. The van der Waals surface area contributed by atoms with Gasteiger partial charge in [-0.15, -0.1) is 0 Å². The van der Waals surface area contributed by atoms with Crippen molar-refractivity contribution >= 4 is 11.8 Å². The molecule has 0 radical (unpaired) electrons. The van der Waals surface area contributed by atoms with Crippen LogP contribution < -0.4 is 0 Å². The van der Waals surface area contributed by atoms with Gasteiger partial charge in [-0.1, -0.05) is 6.07 Å². The Bertz CT molecular complexity index is 628. The van der Waals surface area contributed by atoms with Crippen LogP contribution in [0.4, 0.5) is 4.39 Å². The lowest BCUT2D eigenvalue weighted by atomic mass is 10.0. The minimum absolute atomic E-state index is 0.124. The highest BCUT2D eigenvalue weighted by atomic mass is 19.1. The van der Waals surface area contributed by atoms with E-state index in [9.17, 15) is 14.0 Å². The topological polar surface area (TPSA) is 67.5 Å². The molecule has 0 atom stereocenters. The van der Waals surface area contributed by atoms with Gasteiger partial charge in [0.2, 0.25) is 11.5 Å². The molecule has 1 heterocycles. The Morgan fingerprint density at radius 1 is 1.17 bits per heavy atom. The van der Waals surface area contributed by atoms with Crippen molar-refractivity contribution in [3.63, 3.8) is 0 Å². The summed E-state index contributed by atoms with van der Waals surface area (Å²) < 4.78 is 18.0. The van der Waals surface area contributed by atoms with E-state index in [2.05, 4.69) is 0 Å². The minimum atomic E-state index is -1.26. The maximum atomic E-state index is 13.1. The first kappa shape index (κ1) is 12.0. The van der Waals surface area contributed by atoms with Gasteiger partial charge in [0.15, 0.2) is 5.76 Å². The van der Waals surface area contributed by atoms with E-state index >= 15 is 0 Å². The van der Waals surface area contributed by atoms with Crippen LogP contribution in [0, 0.1) is 12.7 Å². The maximum absolute atomic E-state index is 13.1. The van der Waals surface area contributed by atoms with Crippen LogP contribution in [0.15, 0.2) is 34.7 Å². The second kappa shape index (κ2) is 4.44. The molecule has 18 heavy (non-hydrogen) atoms. The van der Waals surface area contributed by atoms with Crippen LogP contribution in [0.1, 0.15) is 32.2 Å². The SMILES string of the molecule is Cc1ccc(F)cc1C(=O)c1ccc(C(=O)O)o1. The molecule has 0 aliphatic heterocycles. The molecule has 0 fully saturated rings. The number of carbonyl (C=O) groups excluding carboxylic acids is 1. The molecule has 0 spiro atoms. The fourth-order valence-electron chi connectivity index (χ4n) is 1.55. The summed E-state index contributed by atoms with van der Waals surface area (Å²) in [5.41, 5.74) is 0.746. The second-order valence-electron chi connectivity index (χ2n) is 3.76. The Balaban J connectivity index is 2.41. The number of halogens is 1. The van der Waals surface area contributed by atoms with E-state index in [1.165, 1.54) is 24.3 Å². The molecule has 0 saturated heterocycles. The second-order valence-corrected chi connectivity index (χ2v) is 3.76. The third-order valence-corrected chi connectivity index (χ3v) is 2.48. The summed E-state index contributed by atoms with van der Waals surface area (Å²) in [4.78, 5) is 22.6. The number of aryl methyl sites for hydroxylation is 1. The molecule has 0 unspecified atom stereocenters. The van der Waals surface area contributed by atoms with Crippen molar-refractivity contribution in [2.24, 2.45) is 0 Å². The zero-order chi connectivity index (χ0) is 13.3. The largest absolute Gasteiger partial charge is 0.475 e. The maximum Gasteiger partial charge on any atom is 0.371 e. The molecule has 0 aliphatic carbocycles. The molecule has 1 N–H and O–H groups in total. The van der Waals surface area contributed by atoms with E-state index < -0.39 is 17.6 Å². The van der Waals surface area contributed by atoms with Crippen LogP contribution in [0.5, 0.6) is 0 Å². The number of rotatable bonds is 3. The number of carboxylic acid groups (broad SMARTS) is 1. The van der Waals surface area contributed by atoms with Crippen LogP contribution in [0.25, 0.3) is 0 Å². The van der Waals surface area contributed by atoms with Crippen molar-refractivity contribution < 1.29 is 23.5 Å². The number of carbonyl (C=O) groups is 2. The summed E-state index contributed by atoms with van der Waals surface area (Å²) in [5, 5.41) is 8.68. The number of hydrogen-bond acceptors (Lipinski definition) is 3. The average molecular weight is 248 g/mol. The molecule has 1 aromatic carbocycles. The first-order chi connectivity index (χ1) is 8.49. The summed E-state index contributed by atoms with van der Waals surface area (Å²) in [6.07, 6.45) is 0. The number of furan rings is 1. The van der Waals surface area contributed by atoms with E-state index in [1.807, 2.05) is 0 Å². The molecule has 0 bridgehead atoms. The number of carboxylic acids is 1. The summed E-state index contributed by atoms with van der Waals surface area (Å²) in [5.74, 6) is -2.79. The molecule has 2 rings (SSSR count). The molecule has 0 saturated carbocycles. The first-order valence-electron chi connectivity index (χ1n) is 5.13. The standard InChI is InChI=1S/C13H9FO4/c1-7-2-3-8(14)6-9(7)12(15)10-4-5-11(18-10)13(16)17/h2-6H,1H3,(H,16,17). The molecular formula is C13H9FO4. The Hall–Kier alpha value is -2.43. The van der Waals surface area contributed by atoms with E-state index in [4.69, 9.17) is 9.52 Å². The highest BCUT2D eigenvalue weighted by Crippen LogP contribution is 2.17. The molecule has 92 valence electrons. The van der Waals surface area contributed by atoms with Gasteiger partial charge in [0, 0.05) is 5.56 Å². The van der Waals surface area contributed by atoms with E-state index in [0.29, 0.717) is 5.56 Å². The highest BCUT2D eigenvalue weighted by molar-refractivity contribution is 6.08. The fraction of sp³-hybridized carbons (Fsp3) is 0.0769. The van der Waals surface area contributed by atoms with Gasteiger partial charge in [0.1, 0.15) is 5.82 Å². The number of hydrogen-bond donors (Lipinski definition) is 1. The zero-order valence-electron chi connectivity index (χ0n) is 9.44. The zero-order valence-corrected chi connectivity index (χ0v) is 9.44. The summed E-state index contributed by atoms with van der Waals surface area (Å²) in [7, 11) is 0. The van der Waals surface area contributed by atoms with Crippen LogP contribution >= 0.6 is 0 Å². The predicted octanol–water partition coefficient (Wildman–Crippen LogP) is 2.66. The predicted molar refractivity (Wildman–Crippen MR) is 60.2 cm³/mol. The van der Waals surface area contributed by atoms with Crippen LogP contribution in [-0.4, -0.2) is 16.9 Å². The van der Waals surface area contributed by atoms with Crippen LogP contribution in [0.3, 0.4) is 0 Å². The lowest BCUT2D eigenvalue weighted by molar-refractivity contribution is 0.0660. The van der Waals surface area contributed by atoms with Gasteiger partial charge in [-0.2, -0.15) is 0 Å². The van der Waals surface area contributed by atoms with Crippen molar-refractivity contribution in [1.29, 1.82) is 0 Å². The number of ketones is 1. The quantitative estimate of drug-likeness (QED) is 0.848. The van der Waals surface area contributed by atoms with Gasteiger partial charge in [-0.25, -0.2) is 9.18 Å². The molecule has 5 heteroatoms. The average Bonchev–Trinajstić information content (AvgIpc) is 2.81. The molecular weight excluding hydrogens is 239 g/mol. The normalized spacial score (nSPS) is 10.3. The van der Waals surface area contributed by atoms with Gasteiger partial charge in [0.25, 0.3) is 0 Å². The Labute approximate surface area is 102 Å². The van der Waals surface area contributed by atoms with E-state index in [1.54, 1.807) is 6.92 Å². The monoisotopic (exact) mass is 248 g/mol. The van der Waals surface area contributed by atoms with Gasteiger partial charge < -0.3 is 9.52 Å².